The van der Waals surface area contributed by atoms with Gasteiger partial charge in [0.15, 0.2) is 0 Å². The van der Waals surface area contributed by atoms with E-state index < -0.39 is 0 Å². The van der Waals surface area contributed by atoms with Crippen LogP contribution in [0.5, 0.6) is 0 Å². The lowest BCUT2D eigenvalue weighted by Crippen LogP contribution is -2.44. The van der Waals surface area contributed by atoms with E-state index in [0.29, 0.717) is 0 Å². The van der Waals surface area contributed by atoms with Crippen LogP contribution in [0.1, 0.15) is 85.0 Å². The normalized spacial score (nSPS) is 12.7. The Bertz CT molecular complexity index is 229. The van der Waals surface area contributed by atoms with Gasteiger partial charge in [-0.05, 0) is 12.3 Å². The number of hydrogen-bond acceptors (Lipinski definition) is 2. The summed E-state index contributed by atoms with van der Waals surface area (Å²) < 4.78 is 0. The van der Waals surface area contributed by atoms with Crippen molar-refractivity contribution in [2.24, 2.45) is 11.7 Å². The Labute approximate surface area is 126 Å². The highest BCUT2D eigenvalue weighted by molar-refractivity contribution is 5.81. The van der Waals surface area contributed by atoms with Gasteiger partial charge in [-0.15, -0.1) is 0 Å². The molecule has 3 heteroatoms. The van der Waals surface area contributed by atoms with Crippen LogP contribution in [0, 0.1) is 5.92 Å². The summed E-state index contributed by atoms with van der Waals surface area (Å²) in [6.07, 6.45) is 13.2. The summed E-state index contributed by atoms with van der Waals surface area (Å²) in [5, 5.41) is 2.93. The molecular formula is C17H36N2O. The van der Waals surface area contributed by atoms with Crippen LogP contribution in [-0.2, 0) is 4.79 Å². The first-order chi connectivity index (χ1) is 9.59. The first-order valence-corrected chi connectivity index (χ1v) is 8.62. The van der Waals surface area contributed by atoms with Gasteiger partial charge in [0.05, 0.1) is 6.04 Å². The van der Waals surface area contributed by atoms with Crippen LogP contribution in [0.15, 0.2) is 0 Å². The minimum atomic E-state index is -0.363. The predicted molar refractivity (Wildman–Crippen MR) is 87.7 cm³/mol. The summed E-state index contributed by atoms with van der Waals surface area (Å²) in [7, 11) is 0. The largest absolute Gasteiger partial charge is 0.355 e. The highest BCUT2D eigenvalue weighted by atomic mass is 16.2. The lowest BCUT2D eigenvalue weighted by Gasteiger charge is -2.15. The molecule has 0 spiro atoms. The van der Waals surface area contributed by atoms with Gasteiger partial charge in [-0.3, -0.25) is 4.79 Å². The van der Waals surface area contributed by atoms with Crippen molar-refractivity contribution in [1.29, 1.82) is 0 Å². The van der Waals surface area contributed by atoms with E-state index in [1.54, 1.807) is 0 Å². The molecule has 0 saturated heterocycles. The molecule has 0 aliphatic carbocycles. The summed E-state index contributed by atoms with van der Waals surface area (Å²) >= 11 is 0. The molecule has 0 saturated carbocycles. The number of carbonyl (C=O) groups is 1. The van der Waals surface area contributed by atoms with Crippen molar-refractivity contribution in [2.75, 3.05) is 6.54 Å². The van der Waals surface area contributed by atoms with Crippen molar-refractivity contribution in [2.45, 2.75) is 91.0 Å². The Morgan fingerprint density at radius 1 is 0.900 bits per heavy atom. The van der Waals surface area contributed by atoms with Gasteiger partial charge in [0.25, 0.3) is 0 Å². The van der Waals surface area contributed by atoms with Crippen molar-refractivity contribution < 1.29 is 4.79 Å². The molecule has 0 radical (unpaired) electrons. The highest BCUT2D eigenvalue weighted by Crippen LogP contribution is 2.10. The topological polar surface area (TPSA) is 55.1 Å². The second kappa shape index (κ2) is 13.4. The number of nitrogens with one attached hydrogen (secondary N) is 1. The van der Waals surface area contributed by atoms with Crippen molar-refractivity contribution in [3.05, 3.63) is 0 Å². The van der Waals surface area contributed by atoms with Crippen molar-refractivity contribution >= 4 is 5.91 Å². The average molecular weight is 284 g/mol. The van der Waals surface area contributed by atoms with E-state index in [1.807, 2.05) is 13.8 Å². The zero-order chi connectivity index (χ0) is 15.2. The molecule has 0 fully saturated rings. The Balaban J connectivity index is 3.23. The van der Waals surface area contributed by atoms with Crippen LogP contribution < -0.4 is 11.1 Å². The minimum absolute atomic E-state index is 0.00377. The van der Waals surface area contributed by atoms with Gasteiger partial charge in [0, 0.05) is 6.54 Å². The first kappa shape index (κ1) is 19.4. The molecule has 1 amide bonds. The maximum Gasteiger partial charge on any atom is 0.237 e. The van der Waals surface area contributed by atoms with E-state index >= 15 is 0 Å². The number of unbranched alkanes of at least 4 members (excludes halogenated alkanes) is 9. The summed E-state index contributed by atoms with van der Waals surface area (Å²) in [5.74, 6) is 0.207. The maximum absolute atomic E-state index is 11.6. The van der Waals surface area contributed by atoms with E-state index in [4.69, 9.17) is 5.73 Å². The molecule has 0 rings (SSSR count). The molecule has 3 nitrogen and oxygen atoms in total. The van der Waals surface area contributed by atoms with Crippen LogP contribution in [0.3, 0.4) is 0 Å². The number of nitrogens with two attached hydrogens (primary N) is 1. The minimum Gasteiger partial charge on any atom is -0.355 e. The number of carbonyl (C=O) groups excluding carboxylic acids is 1. The van der Waals surface area contributed by atoms with Gasteiger partial charge in [-0.25, -0.2) is 0 Å². The lowest BCUT2D eigenvalue weighted by atomic mass is 10.0. The Kier molecular flexibility index (Phi) is 13.0. The van der Waals surface area contributed by atoms with Crippen molar-refractivity contribution in [3.8, 4) is 0 Å². The SMILES string of the molecule is CCCCCCCCCCCCNC(=O)[C@H](N)C(C)C. The molecule has 0 aromatic rings. The van der Waals surface area contributed by atoms with Gasteiger partial charge >= 0.3 is 0 Å². The lowest BCUT2D eigenvalue weighted by molar-refractivity contribution is -0.123. The van der Waals surface area contributed by atoms with Crippen LogP contribution >= 0.6 is 0 Å². The zero-order valence-electron chi connectivity index (χ0n) is 13.9. The van der Waals surface area contributed by atoms with E-state index in [2.05, 4.69) is 12.2 Å². The van der Waals surface area contributed by atoms with Gasteiger partial charge in [-0.1, -0.05) is 78.6 Å². The monoisotopic (exact) mass is 284 g/mol. The Hall–Kier alpha value is -0.570. The maximum atomic E-state index is 11.6. The second-order valence-electron chi connectivity index (χ2n) is 6.24. The third kappa shape index (κ3) is 11.3. The fourth-order valence-corrected chi connectivity index (χ4v) is 2.24. The quantitative estimate of drug-likeness (QED) is 0.502. The number of rotatable bonds is 13. The van der Waals surface area contributed by atoms with Gasteiger partial charge in [0.1, 0.15) is 0 Å². The smallest absolute Gasteiger partial charge is 0.237 e. The third-order valence-corrected chi connectivity index (χ3v) is 3.85. The standard InChI is InChI=1S/C17H36N2O/c1-4-5-6-7-8-9-10-11-12-13-14-19-17(20)16(18)15(2)3/h15-16H,4-14,18H2,1-3H3,(H,19,20)/t16-/m1/s1. The van der Waals surface area contributed by atoms with Gasteiger partial charge in [-0.2, -0.15) is 0 Å². The van der Waals surface area contributed by atoms with E-state index in [9.17, 15) is 4.79 Å². The van der Waals surface area contributed by atoms with E-state index in [1.165, 1.54) is 57.8 Å². The van der Waals surface area contributed by atoms with E-state index in [0.717, 1.165) is 13.0 Å². The Morgan fingerprint density at radius 3 is 1.80 bits per heavy atom. The molecule has 0 heterocycles. The summed E-state index contributed by atoms with van der Waals surface area (Å²) in [5.41, 5.74) is 5.78. The molecule has 0 aliphatic heterocycles. The third-order valence-electron chi connectivity index (χ3n) is 3.85. The fraction of sp³-hybridized carbons (Fsp3) is 0.941. The first-order valence-electron chi connectivity index (χ1n) is 8.62. The number of hydrogen-bond donors (Lipinski definition) is 2. The van der Waals surface area contributed by atoms with E-state index in [-0.39, 0.29) is 17.9 Å². The van der Waals surface area contributed by atoms with Crippen LogP contribution in [0.2, 0.25) is 0 Å². The molecule has 0 aliphatic rings. The van der Waals surface area contributed by atoms with Crippen LogP contribution in [-0.4, -0.2) is 18.5 Å². The van der Waals surface area contributed by atoms with Crippen LogP contribution in [0.25, 0.3) is 0 Å². The molecule has 0 aromatic carbocycles. The molecule has 3 N–H and O–H groups in total. The fourth-order valence-electron chi connectivity index (χ4n) is 2.24. The second-order valence-corrected chi connectivity index (χ2v) is 6.24. The number of amides is 1. The molecule has 1 atom stereocenters. The Morgan fingerprint density at radius 2 is 1.35 bits per heavy atom. The molecule has 0 unspecified atom stereocenters. The van der Waals surface area contributed by atoms with Gasteiger partial charge < -0.3 is 11.1 Å². The van der Waals surface area contributed by atoms with Crippen molar-refractivity contribution in [3.63, 3.8) is 0 Å². The predicted octanol–water partition coefficient (Wildman–Crippen LogP) is 4.01. The van der Waals surface area contributed by atoms with Crippen molar-refractivity contribution in [1.82, 2.24) is 5.32 Å². The summed E-state index contributed by atoms with van der Waals surface area (Å²) in [6.45, 7) is 6.98. The summed E-state index contributed by atoms with van der Waals surface area (Å²) in [6, 6.07) is -0.363. The molecular weight excluding hydrogens is 248 g/mol. The molecule has 20 heavy (non-hydrogen) atoms. The average Bonchev–Trinajstić information content (AvgIpc) is 2.43. The molecule has 0 bridgehead atoms. The molecule has 120 valence electrons. The molecule has 0 aromatic heterocycles. The zero-order valence-corrected chi connectivity index (χ0v) is 13.9. The van der Waals surface area contributed by atoms with Gasteiger partial charge in [0.2, 0.25) is 5.91 Å². The summed E-state index contributed by atoms with van der Waals surface area (Å²) in [4.78, 5) is 11.6. The van der Waals surface area contributed by atoms with Crippen LogP contribution in [0.4, 0.5) is 0 Å². The highest BCUT2D eigenvalue weighted by Gasteiger charge is 2.15.